The molecule has 1 unspecified atom stereocenters. The van der Waals surface area contributed by atoms with Crippen molar-refractivity contribution in [1.82, 2.24) is 4.98 Å². The van der Waals surface area contributed by atoms with Crippen LogP contribution in [0.2, 0.25) is 0 Å². The van der Waals surface area contributed by atoms with E-state index in [9.17, 15) is 4.79 Å². The zero-order chi connectivity index (χ0) is 13.5. The third-order valence-corrected chi connectivity index (χ3v) is 3.40. The fraction of sp³-hybridized carbons (Fsp3) is 0.571. The van der Waals surface area contributed by atoms with Crippen molar-refractivity contribution in [2.45, 2.75) is 12.8 Å². The van der Waals surface area contributed by atoms with Crippen LogP contribution in [0, 0.1) is 11.8 Å². The van der Waals surface area contributed by atoms with Crippen LogP contribution >= 0.6 is 0 Å². The Morgan fingerprint density at radius 3 is 2.95 bits per heavy atom. The normalized spacial score (nSPS) is 17.7. The molecule has 1 atom stereocenters. The molecule has 1 fully saturated rings. The van der Waals surface area contributed by atoms with Gasteiger partial charge in [-0.2, -0.15) is 0 Å². The highest BCUT2D eigenvalue weighted by Crippen LogP contribution is 2.25. The fourth-order valence-electron chi connectivity index (χ4n) is 2.28. The molecule has 0 N–H and O–H groups in total. The lowest BCUT2D eigenvalue weighted by Gasteiger charge is -2.28. The Morgan fingerprint density at radius 2 is 2.32 bits per heavy atom. The second-order valence-electron chi connectivity index (χ2n) is 4.58. The molecule has 104 valence electrons. The lowest BCUT2D eigenvalue weighted by atomic mass is 9.86. The van der Waals surface area contributed by atoms with Crippen LogP contribution in [0.3, 0.4) is 0 Å². The van der Waals surface area contributed by atoms with Gasteiger partial charge in [0.05, 0.1) is 19.2 Å². The number of carbonyl (C=O) groups excluding carboxylic acids is 1. The number of aromatic nitrogens is 1. The summed E-state index contributed by atoms with van der Waals surface area (Å²) in [5.74, 6) is 0.478. The van der Waals surface area contributed by atoms with Gasteiger partial charge in [0.25, 0.3) is 0 Å². The second-order valence-corrected chi connectivity index (χ2v) is 4.58. The predicted octanol–water partition coefficient (Wildman–Crippen LogP) is 1.68. The monoisotopic (exact) mass is 265 g/mol. The third-order valence-electron chi connectivity index (χ3n) is 3.40. The summed E-state index contributed by atoms with van der Waals surface area (Å²) in [6.07, 6.45) is 5.06. The van der Waals surface area contributed by atoms with E-state index < -0.39 is 0 Å². The molecule has 0 radical (unpaired) electrons. The smallest absolute Gasteiger partial charge is 0.312 e. The molecule has 1 aliphatic heterocycles. The number of carbonyl (C=O) groups is 1. The summed E-state index contributed by atoms with van der Waals surface area (Å²) >= 11 is 0. The Bertz CT molecular complexity index is 390. The van der Waals surface area contributed by atoms with E-state index in [2.05, 4.69) is 4.98 Å². The molecule has 5 heteroatoms. The largest absolute Gasteiger partial charge is 0.491 e. The summed E-state index contributed by atoms with van der Waals surface area (Å²) in [5, 5.41) is 0. The number of rotatable bonds is 5. The highest BCUT2D eigenvalue weighted by Gasteiger charge is 2.31. The van der Waals surface area contributed by atoms with Crippen molar-refractivity contribution >= 4 is 5.97 Å². The van der Waals surface area contributed by atoms with Crippen LogP contribution in [0.5, 0.6) is 5.75 Å². The van der Waals surface area contributed by atoms with Crippen LogP contribution in [0.4, 0.5) is 0 Å². The summed E-state index contributed by atoms with van der Waals surface area (Å²) in [7, 11) is 1.42. The number of nitrogens with zero attached hydrogens (tertiary/aromatic N) is 1. The van der Waals surface area contributed by atoms with E-state index in [1.807, 2.05) is 6.07 Å². The van der Waals surface area contributed by atoms with Gasteiger partial charge in [0.15, 0.2) is 0 Å². The van der Waals surface area contributed by atoms with E-state index in [0.29, 0.717) is 25.6 Å². The Morgan fingerprint density at radius 1 is 1.53 bits per heavy atom. The Kier molecular flexibility index (Phi) is 5.15. The van der Waals surface area contributed by atoms with Crippen LogP contribution in [0.25, 0.3) is 0 Å². The van der Waals surface area contributed by atoms with Gasteiger partial charge in [-0.05, 0) is 30.9 Å². The number of esters is 1. The van der Waals surface area contributed by atoms with Crippen molar-refractivity contribution in [2.75, 3.05) is 26.9 Å². The molecular formula is C14H19NO4. The molecule has 0 saturated carbocycles. The maximum atomic E-state index is 11.9. The first kappa shape index (κ1) is 13.8. The fourth-order valence-corrected chi connectivity index (χ4v) is 2.28. The summed E-state index contributed by atoms with van der Waals surface area (Å²) in [5.41, 5.74) is 0. The van der Waals surface area contributed by atoms with Gasteiger partial charge < -0.3 is 14.2 Å². The van der Waals surface area contributed by atoms with Gasteiger partial charge in [-0.3, -0.25) is 9.78 Å². The predicted molar refractivity (Wildman–Crippen MR) is 68.8 cm³/mol. The molecule has 1 aliphatic rings. The molecule has 1 aromatic rings. The molecule has 19 heavy (non-hydrogen) atoms. The zero-order valence-electron chi connectivity index (χ0n) is 11.1. The average molecular weight is 265 g/mol. The van der Waals surface area contributed by atoms with Crippen LogP contribution < -0.4 is 4.74 Å². The standard InChI is InChI=1S/C14H19NO4/c1-17-14(16)13(11-4-7-18-8-5-11)10-19-12-3-2-6-15-9-12/h2-3,6,9,11,13H,4-5,7-8,10H2,1H3. The van der Waals surface area contributed by atoms with Crippen LogP contribution in [0.1, 0.15) is 12.8 Å². The molecule has 0 aliphatic carbocycles. The van der Waals surface area contributed by atoms with Crippen LogP contribution in [0.15, 0.2) is 24.5 Å². The van der Waals surface area contributed by atoms with Crippen molar-refractivity contribution in [3.8, 4) is 5.75 Å². The summed E-state index contributed by atoms with van der Waals surface area (Å²) in [6.45, 7) is 1.72. The van der Waals surface area contributed by atoms with E-state index in [1.165, 1.54) is 7.11 Å². The number of methoxy groups -OCH3 is 1. The number of hydrogen-bond donors (Lipinski definition) is 0. The SMILES string of the molecule is COC(=O)C(COc1cccnc1)C1CCOCC1. The van der Waals surface area contributed by atoms with E-state index in [4.69, 9.17) is 14.2 Å². The lowest BCUT2D eigenvalue weighted by Crippen LogP contribution is -2.34. The van der Waals surface area contributed by atoms with Crippen molar-refractivity contribution in [3.05, 3.63) is 24.5 Å². The first-order chi connectivity index (χ1) is 9.31. The molecule has 2 heterocycles. The number of hydrogen-bond acceptors (Lipinski definition) is 5. The Hall–Kier alpha value is -1.62. The zero-order valence-corrected chi connectivity index (χ0v) is 11.1. The quantitative estimate of drug-likeness (QED) is 0.758. The summed E-state index contributed by atoms with van der Waals surface area (Å²) < 4.78 is 15.8. The maximum Gasteiger partial charge on any atom is 0.312 e. The van der Waals surface area contributed by atoms with Gasteiger partial charge >= 0.3 is 5.97 Å². The van der Waals surface area contributed by atoms with E-state index >= 15 is 0 Å². The van der Waals surface area contributed by atoms with Gasteiger partial charge in [0.1, 0.15) is 12.4 Å². The minimum absolute atomic E-state index is 0.212. The Balaban J connectivity index is 1.95. The van der Waals surface area contributed by atoms with Crippen molar-refractivity contribution in [1.29, 1.82) is 0 Å². The lowest BCUT2D eigenvalue weighted by molar-refractivity contribution is -0.150. The van der Waals surface area contributed by atoms with Gasteiger partial charge in [-0.15, -0.1) is 0 Å². The van der Waals surface area contributed by atoms with E-state index in [1.54, 1.807) is 18.5 Å². The molecule has 0 aromatic carbocycles. The first-order valence-electron chi connectivity index (χ1n) is 6.49. The molecule has 2 rings (SSSR count). The Labute approximate surface area is 112 Å². The van der Waals surface area contributed by atoms with Gasteiger partial charge in [0, 0.05) is 19.4 Å². The van der Waals surface area contributed by atoms with Gasteiger partial charge in [-0.25, -0.2) is 0 Å². The number of ether oxygens (including phenoxy) is 3. The van der Waals surface area contributed by atoms with E-state index in [0.717, 1.165) is 12.8 Å². The van der Waals surface area contributed by atoms with Crippen LogP contribution in [-0.2, 0) is 14.3 Å². The third kappa shape index (κ3) is 3.92. The molecule has 0 amide bonds. The molecule has 0 spiro atoms. The van der Waals surface area contributed by atoms with Crippen molar-refractivity contribution in [2.24, 2.45) is 11.8 Å². The molecular weight excluding hydrogens is 246 g/mol. The van der Waals surface area contributed by atoms with Crippen LogP contribution in [-0.4, -0.2) is 37.9 Å². The summed E-state index contributed by atoms with van der Waals surface area (Å²) in [4.78, 5) is 15.9. The van der Waals surface area contributed by atoms with E-state index in [-0.39, 0.29) is 17.8 Å². The number of pyridine rings is 1. The maximum absolute atomic E-state index is 11.9. The van der Waals surface area contributed by atoms with Crippen molar-refractivity contribution in [3.63, 3.8) is 0 Å². The summed E-state index contributed by atoms with van der Waals surface area (Å²) in [6, 6.07) is 3.63. The highest BCUT2D eigenvalue weighted by atomic mass is 16.5. The highest BCUT2D eigenvalue weighted by molar-refractivity contribution is 5.72. The first-order valence-corrected chi connectivity index (χ1v) is 6.49. The van der Waals surface area contributed by atoms with Crippen molar-refractivity contribution < 1.29 is 19.0 Å². The van der Waals surface area contributed by atoms with Gasteiger partial charge in [-0.1, -0.05) is 0 Å². The topological polar surface area (TPSA) is 57.7 Å². The second kappa shape index (κ2) is 7.09. The molecule has 1 aromatic heterocycles. The van der Waals surface area contributed by atoms with Gasteiger partial charge in [0.2, 0.25) is 0 Å². The molecule has 1 saturated heterocycles. The molecule has 5 nitrogen and oxygen atoms in total. The average Bonchev–Trinajstić information content (AvgIpc) is 2.49. The minimum atomic E-state index is -0.242. The minimum Gasteiger partial charge on any atom is -0.491 e. The molecule has 0 bridgehead atoms.